The number of amides is 1. The molecule has 1 unspecified atom stereocenters. The maximum atomic E-state index is 12.6. The number of benzene rings is 3. The molecule has 0 radical (unpaired) electrons. The van der Waals surface area contributed by atoms with E-state index in [1.54, 1.807) is 29.9 Å². The Hall–Kier alpha value is -3.85. The molecule has 3 aromatic carbocycles. The van der Waals surface area contributed by atoms with Gasteiger partial charge in [-0.05, 0) is 86.8 Å². The number of aryl methyl sites for hydroxylation is 1. The third-order valence-electron chi connectivity index (χ3n) is 7.25. The number of carbonyl (C=O) groups excluding carboxylic acids is 1. The highest BCUT2D eigenvalue weighted by atomic mass is 35.5. The fourth-order valence-corrected chi connectivity index (χ4v) is 6.54. The molecule has 1 aliphatic heterocycles. The van der Waals surface area contributed by atoms with E-state index >= 15 is 0 Å². The molecule has 0 saturated heterocycles. The van der Waals surface area contributed by atoms with Crippen LogP contribution < -0.4 is 10.2 Å². The highest BCUT2D eigenvalue weighted by Crippen LogP contribution is 2.54. The van der Waals surface area contributed by atoms with E-state index in [0.717, 1.165) is 49.8 Å². The molecule has 5 rings (SSSR count). The number of anilines is 2. The van der Waals surface area contributed by atoms with Crippen LogP contribution in [0.15, 0.2) is 77.8 Å². The maximum Gasteiger partial charge on any atom is 0.337 e. The van der Waals surface area contributed by atoms with Gasteiger partial charge >= 0.3 is 5.97 Å². The van der Waals surface area contributed by atoms with Crippen molar-refractivity contribution in [1.82, 2.24) is 4.98 Å². The topological polar surface area (TPSA) is 91.8 Å². The summed E-state index contributed by atoms with van der Waals surface area (Å²) in [5.74, 6) is -1.08. The van der Waals surface area contributed by atoms with Gasteiger partial charge in [0.15, 0.2) is 6.10 Å². The lowest BCUT2D eigenvalue weighted by Crippen LogP contribution is -2.28. The number of aromatic nitrogens is 1. The average molecular weight is 616 g/mol. The van der Waals surface area contributed by atoms with Crippen LogP contribution in [0.5, 0.6) is 0 Å². The number of nitrogens with one attached hydrogen (secondary N) is 1. The Kier molecular flexibility index (Phi) is 8.56. The van der Waals surface area contributed by atoms with Crippen LogP contribution in [0.3, 0.4) is 0 Å². The number of nitrogens with zero attached hydrogens (tertiary/aromatic N) is 2. The number of carboxylic acid groups (broad SMARTS) is 1. The number of pyridine rings is 1. The first-order chi connectivity index (χ1) is 20.3. The Balaban J connectivity index is 1.55. The zero-order valence-corrected chi connectivity index (χ0v) is 26.5. The number of halogens is 1. The SMILES string of the molecule is CC(=O)N(C)c1ccc(-c2cc(C3Nc4cc(C)c([C@H](OC(C)(C)C)C(=O)O)c(-c5ccc(Cl)cc5)c4S3)ccn2)cc1. The highest BCUT2D eigenvalue weighted by Gasteiger charge is 2.35. The van der Waals surface area contributed by atoms with Crippen molar-refractivity contribution in [3.05, 3.63) is 94.6 Å². The smallest absolute Gasteiger partial charge is 0.337 e. The molecule has 0 bridgehead atoms. The summed E-state index contributed by atoms with van der Waals surface area (Å²) in [5.41, 5.74) is 6.98. The van der Waals surface area contributed by atoms with Crippen LogP contribution in [0.25, 0.3) is 22.4 Å². The van der Waals surface area contributed by atoms with E-state index in [4.69, 9.17) is 16.3 Å². The summed E-state index contributed by atoms with van der Waals surface area (Å²) in [6, 6.07) is 21.2. The summed E-state index contributed by atoms with van der Waals surface area (Å²) in [6.07, 6.45) is 0.632. The highest BCUT2D eigenvalue weighted by molar-refractivity contribution is 8.00. The number of carboxylic acids is 1. The lowest BCUT2D eigenvalue weighted by Gasteiger charge is -2.28. The molecule has 2 heterocycles. The molecule has 9 heteroatoms. The third-order valence-corrected chi connectivity index (χ3v) is 8.79. The number of hydrogen-bond donors (Lipinski definition) is 2. The van der Waals surface area contributed by atoms with Crippen LogP contribution in [-0.2, 0) is 14.3 Å². The largest absolute Gasteiger partial charge is 0.479 e. The number of thioether (sulfide) groups is 1. The van der Waals surface area contributed by atoms with Gasteiger partial charge in [0.2, 0.25) is 5.91 Å². The van der Waals surface area contributed by atoms with Crippen LogP contribution in [0, 0.1) is 6.92 Å². The zero-order valence-electron chi connectivity index (χ0n) is 24.9. The maximum absolute atomic E-state index is 12.6. The van der Waals surface area contributed by atoms with Gasteiger partial charge in [0.05, 0.1) is 11.3 Å². The Morgan fingerprint density at radius 3 is 2.30 bits per heavy atom. The molecular formula is C34H34ClN3O4S. The van der Waals surface area contributed by atoms with E-state index < -0.39 is 17.7 Å². The van der Waals surface area contributed by atoms with E-state index in [0.29, 0.717) is 10.6 Å². The Labute approximate surface area is 261 Å². The molecule has 2 atom stereocenters. The molecule has 0 aliphatic carbocycles. The lowest BCUT2D eigenvalue weighted by atomic mass is 9.91. The van der Waals surface area contributed by atoms with E-state index in [9.17, 15) is 14.7 Å². The molecule has 0 saturated carbocycles. The Morgan fingerprint density at radius 1 is 1.05 bits per heavy atom. The van der Waals surface area contributed by atoms with Crippen molar-refractivity contribution >= 4 is 46.6 Å². The molecule has 4 aromatic rings. The minimum Gasteiger partial charge on any atom is -0.479 e. The van der Waals surface area contributed by atoms with Crippen molar-refractivity contribution in [3.8, 4) is 22.4 Å². The van der Waals surface area contributed by atoms with Gasteiger partial charge in [0.25, 0.3) is 0 Å². The van der Waals surface area contributed by atoms with Gasteiger partial charge < -0.3 is 20.1 Å². The minimum absolute atomic E-state index is 0.0345. The van der Waals surface area contributed by atoms with E-state index in [-0.39, 0.29) is 11.3 Å². The van der Waals surface area contributed by atoms with Crippen molar-refractivity contribution in [2.24, 2.45) is 0 Å². The van der Waals surface area contributed by atoms with Crippen molar-refractivity contribution < 1.29 is 19.4 Å². The summed E-state index contributed by atoms with van der Waals surface area (Å²) >= 11 is 7.87. The summed E-state index contributed by atoms with van der Waals surface area (Å²) in [5, 5.41) is 14.4. The second-order valence-corrected chi connectivity index (χ2v) is 13.1. The number of hydrogen-bond acceptors (Lipinski definition) is 6. The molecule has 222 valence electrons. The predicted molar refractivity (Wildman–Crippen MR) is 174 cm³/mol. The first-order valence-electron chi connectivity index (χ1n) is 13.9. The van der Waals surface area contributed by atoms with Gasteiger partial charge in [0.1, 0.15) is 5.37 Å². The quantitative estimate of drug-likeness (QED) is 0.215. The number of ether oxygens (including phenoxy) is 1. The summed E-state index contributed by atoms with van der Waals surface area (Å²) in [4.78, 5) is 31.5. The molecule has 1 aromatic heterocycles. The summed E-state index contributed by atoms with van der Waals surface area (Å²) < 4.78 is 6.14. The Bertz CT molecular complexity index is 1680. The van der Waals surface area contributed by atoms with Gasteiger partial charge in [-0.25, -0.2) is 4.79 Å². The van der Waals surface area contributed by atoms with E-state index in [2.05, 4.69) is 16.4 Å². The first kappa shape index (κ1) is 30.6. The fourth-order valence-electron chi connectivity index (χ4n) is 5.12. The van der Waals surface area contributed by atoms with Crippen LogP contribution in [0.2, 0.25) is 5.02 Å². The van der Waals surface area contributed by atoms with Gasteiger partial charge in [-0.2, -0.15) is 0 Å². The molecule has 1 aliphatic rings. The zero-order chi connectivity index (χ0) is 31.1. The molecule has 1 amide bonds. The fraction of sp³-hybridized carbons (Fsp3) is 0.265. The van der Waals surface area contributed by atoms with Crippen molar-refractivity contribution in [2.45, 2.75) is 56.6 Å². The van der Waals surface area contributed by atoms with Gasteiger partial charge in [-0.1, -0.05) is 47.6 Å². The summed E-state index contributed by atoms with van der Waals surface area (Å²) in [7, 11) is 1.75. The van der Waals surface area contributed by atoms with E-state index in [1.807, 2.05) is 88.4 Å². The molecule has 2 N–H and O–H groups in total. The van der Waals surface area contributed by atoms with Gasteiger partial charge in [-0.15, -0.1) is 0 Å². The molecule has 0 fully saturated rings. The van der Waals surface area contributed by atoms with Crippen molar-refractivity contribution in [2.75, 3.05) is 17.3 Å². The van der Waals surface area contributed by atoms with E-state index in [1.165, 1.54) is 6.92 Å². The lowest BCUT2D eigenvalue weighted by molar-refractivity contribution is -0.160. The Morgan fingerprint density at radius 2 is 1.70 bits per heavy atom. The number of rotatable bonds is 7. The van der Waals surface area contributed by atoms with Crippen LogP contribution in [0.4, 0.5) is 11.4 Å². The molecule has 43 heavy (non-hydrogen) atoms. The third kappa shape index (κ3) is 6.56. The summed E-state index contributed by atoms with van der Waals surface area (Å²) in [6.45, 7) is 9.03. The van der Waals surface area contributed by atoms with Crippen LogP contribution >= 0.6 is 23.4 Å². The van der Waals surface area contributed by atoms with Gasteiger partial charge in [0, 0.05) is 58.2 Å². The van der Waals surface area contributed by atoms with Crippen LogP contribution in [-0.4, -0.2) is 34.6 Å². The van der Waals surface area contributed by atoms with Crippen molar-refractivity contribution in [3.63, 3.8) is 0 Å². The second-order valence-electron chi connectivity index (χ2n) is 11.6. The number of aliphatic carboxylic acids is 1. The van der Waals surface area contributed by atoms with Crippen molar-refractivity contribution in [1.29, 1.82) is 0 Å². The second kappa shape index (κ2) is 12.0. The van der Waals surface area contributed by atoms with Gasteiger partial charge in [-0.3, -0.25) is 9.78 Å². The molecular weight excluding hydrogens is 582 g/mol. The molecule has 0 spiro atoms. The average Bonchev–Trinajstić information content (AvgIpc) is 3.39. The predicted octanol–water partition coefficient (Wildman–Crippen LogP) is 8.52. The molecule has 7 nitrogen and oxygen atoms in total. The normalized spacial score (nSPS) is 15.0. The number of carbonyl (C=O) groups is 2. The monoisotopic (exact) mass is 615 g/mol. The standard InChI is InChI=1S/C34H34ClN3O4S/c1-19-17-27-31(29(22-7-11-24(35)12-8-22)28(19)30(33(40)41)42-34(3,4)5)43-32(37-27)23-15-16-36-26(18-23)21-9-13-25(14-10-21)38(6)20(2)39/h7-18,30,32,37H,1-6H3,(H,40,41)/t30-,32?/m0/s1. The van der Waals surface area contributed by atoms with Crippen LogP contribution in [0.1, 0.15) is 55.9 Å². The first-order valence-corrected chi connectivity index (χ1v) is 15.2. The number of fused-ring (bicyclic) bond motifs is 1. The minimum atomic E-state index is -1.16.